The molecule has 0 aliphatic carbocycles. The Morgan fingerprint density at radius 3 is 3.06 bits per heavy atom. The number of pyridine rings is 1. The van der Waals surface area contributed by atoms with E-state index in [-0.39, 0.29) is 5.91 Å². The first-order valence-corrected chi connectivity index (χ1v) is 4.99. The molecule has 5 nitrogen and oxygen atoms in total. The number of carbonyl (C=O) groups excluding carboxylic acids is 1. The summed E-state index contributed by atoms with van der Waals surface area (Å²) in [4.78, 5) is 15.6. The number of nitrogens with zero attached hydrogens (tertiary/aromatic N) is 2. The molecular weight excluding hydrogens is 204 g/mol. The number of amides is 1. The molecule has 2 rings (SSSR count). The fraction of sp³-hybridized carbons (Fsp3) is 0.182. The number of aromatic nitrogens is 3. The van der Waals surface area contributed by atoms with Gasteiger partial charge in [-0.25, -0.2) is 0 Å². The van der Waals surface area contributed by atoms with Crippen molar-refractivity contribution in [1.82, 2.24) is 20.5 Å². The minimum atomic E-state index is -0.0418. The van der Waals surface area contributed by atoms with Crippen LogP contribution in [0.4, 0.5) is 0 Å². The normalized spacial score (nSPS) is 10.0. The van der Waals surface area contributed by atoms with E-state index in [9.17, 15) is 4.79 Å². The van der Waals surface area contributed by atoms with Crippen molar-refractivity contribution in [2.75, 3.05) is 0 Å². The first kappa shape index (κ1) is 10.4. The van der Waals surface area contributed by atoms with Gasteiger partial charge < -0.3 is 5.32 Å². The van der Waals surface area contributed by atoms with E-state index in [2.05, 4.69) is 20.5 Å². The van der Waals surface area contributed by atoms with Gasteiger partial charge in [-0.15, -0.1) is 0 Å². The molecule has 0 fully saturated rings. The maximum Gasteiger partial charge on any atom is 0.226 e. The van der Waals surface area contributed by atoms with Crippen LogP contribution < -0.4 is 5.32 Å². The maximum atomic E-state index is 11.5. The van der Waals surface area contributed by atoms with Crippen LogP contribution in [0.5, 0.6) is 0 Å². The lowest BCUT2D eigenvalue weighted by molar-refractivity contribution is -0.120. The number of aromatic amines is 1. The number of hydrogen-bond acceptors (Lipinski definition) is 3. The van der Waals surface area contributed by atoms with E-state index in [1.807, 2.05) is 18.2 Å². The van der Waals surface area contributed by atoms with E-state index < -0.39 is 0 Å². The van der Waals surface area contributed by atoms with Gasteiger partial charge in [0.2, 0.25) is 5.91 Å². The summed E-state index contributed by atoms with van der Waals surface area (Å²) in [7, 11) is 0. The summed E-state index contributed by atoms with van der Waals surface area (Å²) >= 11 is 0. The molecule has 2 aromatic rings. The Hall–Kier alpha value is -2.17. The molecule has 0 aliphatic rings. The van der Waals surface area contributed by atoms with E-state index in [0.29, 0.717) is 13.0 Å². The summed E-state index contributed by atoms with van der Waals surface area (Å²) in [5.74, 6) is -0.0418. The maximum absolute atomic E-state index is 11.5. The third-order valence-electron chi connectivity index (χ3n) is 2.11. The van der Waals surface area contributed by atoms with Gasteiger partial charge in [-0.3, -0.25) is 14.9 Å². The molecule has 2 aromatic heterocycles. The van der Waals surface area contributed by atoms with E-state index in [1.165, 1.54) is 0 Å². The molecule has 1 amide bonds. The highest BCUT2D eigenvalue weighted by atomic mass is 16.1. The lowest BCUT2D eigenvalue weighted by atomic mass is 10.2. The predicted octanol–water partition coefficient (Wildman–Crippen LogP) is 0.664. The van der Waals surface area contributed by atoms with Crippen molar-refractivity contribution >= 4 is 5.91 Å². The molecular formula is C11H12N4O. The molecule has 0 aromatic carbocycles. The van der Waals surface area contributed by atoms with E-state index in [0.717, 1.165) is 11.3 Å². The molecule has 2 heterocycles. The lowest BCUT2D eigenvalue weighted by Crippen LogP contribution is -2.24. The second kappa shape index (κ2) is 5.06. The molecule has 82 valence electrons. The average Bonchev–Trinajstić information content (AvgIpc) is 2.81. The highest BCUT2D eigenvalue weighted by molar-refractivity contribution is 5.78. The number of carbonyl (C=O) groups is 1. The van der Waals surface area contributed by atoms with Crippen LogP contribution in [-0.2, 0) is 17.8 Å². The molecule has 0 saturated heterocycles. The fourth-order valence-corrected chi connectivity index (χ4v) is 1.30. The van der Waals surface area contributed by atoms with Gasteiger partial charge in [-0.1, -0.05) is 6.07 Å². The fourth-order valence-electron chi connectivity index (χ4n) is 1.30. The predicted molar refractivity (Wildman–Crippen MR) is 58.4 cm³/mol. The van der Waals surface area contributed by atoms with Crippen molar-refractivity contribution < 1.29 is 4.79 Å². The van der Waals surface area contributed by atoms with Crippen molar-refractivity contribution in [2.24, 2.45) is 0 Å². The van der Waals surface area contributed by atoms with Gasteiger partial charge in [-0.05, 0) is 12.1 Å². The van der Waals surface area contributed by atoms with Crippen molar-refractivity contribution in [2.45, 2.75) is 13.0 Å². The van der Waals surface area contributed by atoms with Gasteiger partial charge in [0.25, 0.3) is 0 Å². The largest absolute Gasteiger partial charge is 0.352 e. The average molecular weight is 216 g/mol. The SMILES string of the molecule is O=C(Cc1ccccn1)NCc1cn[nH]c1. The first-order valence-electron chi connectivity index (χ1n) is 4.99. The molecule has 5 heteroatoms. The molecule has 0 aliphatic heterocycles. The summed E-state index contributed by atoms with van der Waals surface area (Å²) in [6.45, 7) is 0.488. The topological polar surface area (TPSA) is 70.7 Å². The molecule has 0 atom stereocenters. The summed E-state index contributed by atoms with van der Waals surface area (Å²) in [6, 6.07) is 5.52. The van der Waals surface area contributed by atoms with E-state index in [4.69, 9.17) is 0 Å². The standard InChI is InChI=1S/C11H12N4O/c16-11(5-10-3-1-2-4-12-10)13-6-9-7-14-15-8-9/h1-4,7-8H,5-6H2,(H,13,16)(H,14,15). The number of H-pyrrole nitrogens is 1. The molecule has 2 N–H and O–H groups in total. The monoisotopic (exact) mass is 216 g/mol. The minimum absolute atomic E-state index is 0.0418. The molecule has 0 spiro atoms. The van der Waals surface area contributed by atoms with Crippen LogP contribution in [0.15, 0.2) is 36.8 Å². The first-order chi connectivity index (χ1) is 7.84. The Bertz CT molecular complexity index is 438. The summed E-state index contributed by atoms with van der Waals surface area (Å²) in [5, 5.41) is 9.28. The van der Waals surface area contributed by atoms with Crippen LogP contribution in [0.3, 0.4) is 0 Å². The van der Waals surface area contributed by atoms with Crippen molar-refractivity contribution in [3.63, 3.8) is 0 Å². The molecule has 0 saturated carbocycles. The zero-order chi connectivity index (χ0) is 11.2. The van der Waals surface area contributed by atoms with E-state index in [1.54, 1.807) is 18.6 Å². The second-order valence-corrected chi connectivity index (χ2v) is 3.38. The zero-order valence-electron chi connectivity index (χ0n) is 8.68. The number of hydrogen-bond donors (Lipinski definition) is 2. The Morgan fingerprint density at radius 1 is 1.44 bits per heavy atom. The van der Waals surface area contributed by atoms with E-state index >= 15 is 0 Å². The van der Waals surface area contributed by atoms with Crippen LogP contribution in [0.1, 0.15) is 11.3 Å². The van der Waals surface area contributed by atoms with Crippen LogP contribution in [0.2, 0.25) is 0 Å². The summed E-state index contributed by atoms with van der Waals surface area (Å²) in [5.41, 5.74) is 1.72. The van der Waals surface area contributed by atoms with Crippen LogP contribution in [-0.4, -0.2) is 21.1 Å². The van der Waals surface area contributed by atoms with Gasteiger partial charge in [0, 0.05) is 30.2 Å². The van der Waals surface area contributed by atoms with Gasteiger partial charge in [-0.2, -0.15) is 5.10 Å². The Balaban J connectivity index is 1.81. The quantitative estimate of drug-likeness (QED) is 0.788. The highest BCUT2D eigenvalue weighted by Gasteiger charge is 2.03. The summed E-state index contributed by atoms with van der Waals surface area (Å²) < 4.78 is 0. The zero-order valence-corrected chi connectivity index (χ0v) is 8.68. The van der Waals surface area contributed by atoms with Crippen LogP contribution >= 0.6 is 0 Å². The van der Waals surface area contributed by atoms with Crippen molar-refractivity contribution in [1.29, 1.82) is 0 Å². The third kappa shape index (κ3) is 2.91. The number of rotatable bonds is 4. The van der Waals surface area contributed by atoms with Gasteiger partial charge in [0.1, 0.15) is 0 Å². The molecule has 0 radical (unpaired) electrons. The minimum Gasteiger partial charge on any atom is -0.352 e. The lowest BCUT2D eigenvalue weighted by Gasteiger charge is -2.02. The third-order valence-corrected chi connectivity index (χ3v) is 2.11. The molecule has 16 heavy (non-hydrogen) atoms. The Kier molecular flexibility index (Phi) is 3.28. The van der Waals surface area contributed by atoms with Gasteiger partial charge in [0.05, 0.1) is 12.6 Å². The van der Waals surface area contributed by atoms with Gasteiger partial charge >= 0.3 is 0 Å². The van der Waals surface area contributed by atoms with Gasteiger partial charge in [0.15, 0.2) is 0 Å². The highest BCUT2D eigenvalue weighted by Crippen LogP contribution is 1.96. The van der Waals surface area contributed by atoms with Crippen molar-refractivity contribution in [3.8, 4) is 0 Å². The smallest absolute Gasteiger partial charge is 0.226 e. The van der Waals surface area contributed by atoms with Crippen molar-refractivity contribution in [3.05, 3.63) is 48.0 Å². The second-order valence-electron chi connectivity index (χ2n) is 3.38. The summed E-state index contributed by atoms with van der Waals surface area (Å²) in [6.07, 6.45) is 5.42. The van der Waals surface area contributed by atoms with Crippen LogP contribution in [0, 0.1) is 0 Å². The molecule has 0 unspecified atom stereocenters. The Morgan fingerprint density at radius 2 is 2.38 bits per heavy atom. The molecule has 0 bridgehead atoms. The Labute approximate surface area is 92.9 Å². The van der Waals surface area contributed by atoms with Crippen LogP contribution in [0.25, 0.3) is 0 Å². The number of nitrogens with one attached hydrogen (secondary N) is 2.